The van der Waals surface area contributed by atoms with Gasteiger partial charge in [-0.15, -0.1) is 0 Å². The van der Waals surface area contributed by atoms with Crippen LogP contribution in [0.3, 0.4) is 0 Å². The van der Waals surface area contributed by atoms with Gasteiger partial charge >= 0.3 is 0 Å². The third-order valence-electron chi connectivity index (χ3n) is 0.983. The zero-order chi connectivity index (χ0) is 6.24. The van der Waals surface area contributed by atoms with Crippen molar-refractivity contribution in [2.45, 2.75) is 19.3 Å². The molecule has 0 aromatic carbocycles. The smallest absolute Gasteiger partial charge is 0.00773 e. The van der Waals surface area contributed by atoms with Gasteiger partial charge in [0.2, 0.25) is 0 Å². The van der Waals surface area contributed by atoms with E-state index in [-0.39, 0.29) is 0 Å². The van der Waals surface area contributed by atoms with Crippen LogP contribution >= 0.6 is 0 Å². The largest absolute Gasteiger partial charge is 0.788 e. The molecule has 0 aromatic heterocycles. The van der Waals surface area contributed by atoms with E-state index in [1.54, 1.807) is 0 Å². The predicted octanol–water partition coefficient (Wildman–Crippen LogP) is 0.203. The Morgan fingerprint density at radius 2 is 2.00 bits per heavy atom. The van der Waals surface area contributed by atoms with Crippen molar-refractivity contribution < 1.29 is 0 Å². The van der Waals surface area contributed by atoms with Gasteiger partial charge in [-0.05, 0) is 25.9 Å². The lowest BCUT2D eigenvalue weighted by Gasteiger charge is -2.04. The Hall–Kier alpha value is -0.120. The molecule has 0 atom stereocenters. The molecule has 0 saturated carbocycles. The lowest BCUT2D eigenvalue weighted by atomic mass is 10.2. The van der Waals surface area contributed by atoms with Gasteiger partial charge in [0.1, 0.15) is 0 Å². The minimum Gasteiger partial charge on any atom is -0.788 e. The topological polar surface area (TPSA) is 61.1 Å². The van der Waals surface area contributed by atoms with E-state index < -0.39 is 0 Å². The number of hydrogen-bond acceptors (Lipinski definition) is 3. The average Bonchev–Trinajstić information content (AvgIpc) is 1.81. The number of hydrogen-bond donors (Lipinski definition) is 2. The van der Waals surface area contributed by atoms with Crippen LogP contribution in [0, 0.1) is 5.21 Å². The molecule has 0 saturated heterocycles. The van der Waals surface area contributed by atoms with E-state index in [9.17, 15) is 5.21 Å². The number of rotatable bonds is 5. The summed E-state index contributed by atoms with van der Waals surface area (Å²) in [6, 6.07) is 0. The standard InChI is InChI=1S/C5H13N2O/c6-4-2-1-3-5-7-8/h7H,1-6H2/q-1. The molecule has 50 valence electrons. The molecule has 0 spiro atoms. The van der Waals surface area contributed by atoms with Crippen LogP contribution in [0.5, 0.6) is 0 Å². The summed E-state index contributed by atoms with van der Waals surface area (Å²) in [7, 11) is 0. The lowest BCUT2D eigenvalue weighted by Crippen LogP contribution is -2.06. The summed E-state index contributed by atoms with van der Waals surface area (Å²) in [5, 5.41) is 9.61. The van der Waals surface area contributed by atoms with Crippen LogP contribution in [-0.2, 0) is 0 Å². The molecule has 3 heteroatoms. The van der Waals surface area contributed by atoms with Crippen LogP contribution in [-0.4, -0.2) is 13.1 Å². The minimum atomic E-state index is 0.569. The minimum absolute atomic E-state index is 0.569. The maximum Gasteiger partial charge on any atom is -0.00773 e. The van der Waals surface area contributed by atoms with Gasteiger partial charge < -0.3 is 16.4 Å². The molecule has 3 N–H and O–H groups in total. The first kappa shape index (κ1) is 7.88. The fourth-order valence-electron chi connectivity index (χ4n) is 0.518. The Morgan fingerprint density at radius 1 is 1.25 bits per heavy atom. The van der Waals surface area contributed by atoms with Crippen LogP contribution < -0.4 is 11.2 Å². The molecule has 0 rings (SSSR count). The molecule has 0 aliphatic heterocycles. The second-order valence-corrected chi connectivity index (χ2v) is 1.74. The van der Waals surface area contributed by atoms with E-state index in [1.807, 2.05) is 5.48 Å². The Kier molecular flexibility index (Phi) is 6.78. The molecular weight excluding hydrogens is 104 g/mol. The van der Waals surface area contributed by atoms with E-state index in [0.717, 1.165) is 25.8 Å². The number of hydroxylamine groups is 1. The average molecular weight is 117 g/mol. The first-order valence-corrected chi connectivity index (χ1v) is 2.97. The van der Waals surface area contributed by atoms with Crippen molar-refractivity contribution >= 4 is 0 Å². The summed E-state index contributed by atoms with van der Waals surface area (Å²) in [4.78, 5) is 0. The normalized spacial score (nSPS) is 9.75. The predicted molar refractivity (Wildman–Crippen MR) is 34.3 cm³/mol. The number of nitrogens with two attached hydrogens (primary N) is 1. The molecule has 0 unspecified atom stereocenters. The molecule has 0 aliphatic rings. The van der Waals surface area contributed by atoms with Crippen LogP contribution in [0.4, 0.5) is 0 Å². The highest BCUT2D eigenvalue weighted by atomic mass is 16.5. The highest BCUT2D eigenvalue weighted by molar-refractivity contribution is 4.46. The molecule has 0 radical (unpaired) electrons. The Morgan fingerprint density at radius 3 is 2.50 bits per heavy atom. The van der Waals surface area contributed by atoms with Crippen LogP contribution in [0.1, 0.15) is 19.3 Å². The van der Waals surface area contributed by atoms with Gasteiger partial charge in [-0.25, -0.2) is 0 Å². The fourth-order valence-corrected chi connectivity index (χ4v) is 0.518. The first-order valence-electron chi connectivity index (χ1n) is 2.97. The molecule has 0 bridgehead atoms. The van der Waals surface area contributed by atoms with Crippen molar-refractivity contribution in [2.24, 2.45) is 5.73 Å². The Labute approximate surface area is 49.8 Å². The van der Waals surface area contributed by atoms with Crippen molar-refractivity contribution in [3.63, 3.8) is 0 Å². The highest BCUT2D eigenvalue weighted by Crippen LogP contribution is 1.89. The summed E-state index contributed by atoms with van der Waals surface area (Å²) in [5.41, 5.74) is 7.05. The van der Waals surface area contributed by atoms with E-state index in [2.05, 4.69) is 0 Å². The second-order valence-electron chi connectivity index (χ2n) is 1.74. The van der Waals surface area contributed by atoms with Crippen molar-refractivity contribution in [1.82, 2.24) is 5.48 Å². The summed E-state index contributed by atoms with van der Waals surface area (Å²) in [6.07, 6.45) is 3.04. The highest BCUT2D eigenvalue weighted by Gasteiger charge is 1.81. The molecule has 0 heterocycles. The van der Waals surface area contributed by atoms with E-state index in [0.29, 0.717) is 6.54 Å². The van der Waals surface area contributed by atoms with Crippen molar-refractivity contribution in [3.05, 3.63) is 5.21 Å². The zero-order valence-electron chi connectivity index (χ0n) is 5.02. The molecule has 8 heavy (non-hydrogen) atoms. The third-order valence-corrected chi connectivity index (χ3v) is 0.983. The molecule has 0 fully saturated rings. The monoisotopic (exact) mass is 117 g/mol. The van der Waals surface area contributed by atoms with E-state index in [4.69, 9.17) is 5.73 Å². The molecule has 0 amide bonds. The van der Waals surface area contributed by atoms with E-state index >= 15 is 0 Å². The van der Waals surface area contributed by atoms with Gasteiger partial charge in [0.05, 0.1) is 0 Å². The van der Waals surface area contributed by atoms with Crippen molar-refractivity contribution in [3.8, 4) is 0 Å². The summed E-state index contributed by atoms with van der Waals surface area (Å²) in [6.45, 7) is 1.30. The van der Waals surface area contributed by atoms with Gasteiger partial charge in [-0.2, -0.15) is 0 Å². The lowest BCUT2D eigenvalue weighted by molar-refractivity contribution is 0.662. The van der Waals surface area contributed by atoms with Crippen molar-refractivity contribution in [1.29, 1.82) is 0 Å². The number of nitrogens with one attached hydrogen (secondary N) is 1. The van der Waals surface area contributed by atoms with Crippen LogP contribution in [0.15, 0.2) is 0 Å². The SMILES string of the molecule is NCCCCCN[O-]. The maximum absolute atomic E-state index is 9.61. The maximum atomic E-state index is 9.61. The Balaban J connectivity index is 2.53. The van der Waals surface area contributed by atoms with Crippen LogP contribution in [0.25, 0.3) is 0 Å². The van der Waals surface area contributed by atoms with Gasteiger partial charge in [0, 0.05) is 0 Å². The summed E-state index contributed by atoms with van der Waals surface area (Å²) < 4.78 is 0. The van der Waals surface area contributed by atoms with Gasteiger partial charge in [0.15, 0.2) is 0 Å². The zero-order valence-corrected chi connectivity index (χ0v) is 5.02. The Bertz CT molecular complexity index is 35.4. The van der Waals surface area contributed by atoms with E-state index in [1.165, 1.54) is 0 Å². The van der Waals surface area contributed by atoms with Crippen LogP contribution in [0.2, 0.25) is 0 Å². The molecule has 0 aliphatic carbocycles. The third kappa shape index (κ3) is 5.88. The summed E-state index contributed by atoms with van der Waals surface area (Å²) in [5.74, 6) is 0. The van der Waals surface area contributed by atoms with Gasteiger partial charge in [0.25, 0.3) is 0 Å². The molecule has 3 nitrogen and oxygen atoms in total. The van der Waals surface area contributed by atoms with Crippen molar-refractivity contribution in [2.75, 3.05) is 13.1 Å². The fraction of sp³-hybridized carbons (Fsp3) is 1.00. The molecule has 0 aromatic rings. The summed E-state index contributed by atoms with van der Waals surface area (Å²) >= 11 is 0. The van der Waals surface area contributed by atoms with Gasteiger partial charge in [-0.1, -0.05) is 6.42 Å². The molecular formula is C5H13N2O-. The second kappa shape index (κ2) is 6.88. The number of unbranched alkanes of at least 4 members (excludes halogenated alkanes) is 2. The van der Waals surface area contributed by atoms with Gasteiger partial charge in [-0.3, -0.25) is 0 Å². The quantitative estimate of drug-likeness (QED) is 0.399. The first-order chi connectivity index (χ1) is 3.91.